The molecule has 0 unspecified atom stereocenters. The van der Waals surface area contributed by atoms with E-state index in [2.05, 4.69) is 20.1 Å². The van der Waals surface area contributed by atoms with E-state index in [1.54, 1.807) is 0 Å². The van der Waals surface area contributed by atoms with Crippen molar-refractivity contribution in [3.05, 3.63) is 12.2 Å². The maximum Gasteiger partial charge on any atom is 0.331 e. The first-order chi connectivity index (χ1) is 15.7. The molecule has 0 amide bonds. The molecule has 4 aliphatic carbocycles. The van der Waals surface area contributed by atoms with Crippen molar-refractivity contribution in [2.75, 3.05) is 6.54 Å². The summed E-state index contributed by atoms with van der Waals surface area (Å²) >= 11 is 0. The number of carbonyl (C=O) groups is 1. The number of aliphatic hydroxyl groups excluding tert-OH is 1. The molecule has 5 rings (SSSR count). The Labute approximate surface area is 197 Å². The fraction of sp³-hybridized carbons (Fsp3) is 0.852. The van der Waals surface area contributed by atoms with E-state index in [1.165, 1.54) is 6.08 Å². The second-order valence-electron chi connectivity index (χ2n) is 11.9. The van der Waals surface area contributed by atoms with Gasteiger partial charge < -0.3 is 20.1 Å². The summed E-state index contributed by atoms with van der Waals surface area (Å²) in [5.41, 5.74) is -2.62. The van der Waals surface area contributed by atoms with Crippen LogP contribution >= 0.6 is 0 Å². The normalized spacial score (nSPS) is 51.3. The fourth-order valence-electron chi connectivity index (χ4n) is 8.82. The van der Waals surface area contributed by atoms with Crippen LogP contribution in [-0.2, 0) is 9.53 Å². The van der Waals surface area contributed by atoms with Gasteiger partial charge in [0.2, 0.25) is 0 Å². The van der Waals surface area contributed by atoms with Gasteiger partial charge >= 0.3 is 5.97 Å². The average molecular weight is 460 g/mol. The Morgan fingerprint density at radius 1 is 1.09 bits per heavy atom. The Balaban J connectivity index is 1.49. The Morgan fingerprint density at radius 3 is 2.58 bits per heavy atom. The van der Waals surface area contributed by atoms with Gasteiger partial charge in [-0.3, -0.25) is 4.99 Å². The number of hydrogen-bond acceptors (Lipinski definition) is 6. The number of ether oxygens (including phenoxy) is 1. The molecule has 0 aromatic carbocycles. The van der Waals surface area contributed by atoms with E-state index in [0.29, 0.717) is 25.7 Å². The minimum Gasteiger partial charge on any atom is -0.455 e. The average Bonchev–Trinajstić information content (AvgIpc) is 3.31. The predicted molar refractivity (Wildman–Crippen MR) is 126 cm³/mol. The van der Waals surface area contributed by atoms with Crippen LogP contribution in [0.25, 0.3) is 0 Å². The molecule has 33 heavy (non-hydrogen) atoms. The first kappa shape index (κ1) is 23.5. The summed E-state index contributed by atoms with van der Waals surface area (Å²) in [6.45, 7) is 5.12. The van der Waals surface area contributed by atoms with E-state index in [1.807, 2.05) is 6.08 Å². The predicted octanol–water partition coefficient (Wildman–Crippen LogP) is 3.57. The number of rotatable bonds is 5. The van der Waals surface area contributed by atoms with Gasteiger partial charge in [-0.25, -0.2) is 4.79 Å². The van der Waals surface area contributed by atoms with Crippen molar-refractivity contribution >= 4 is 12.2 Å². The topological polar surface area (TPSA) is 99.4 Å². The number of fused-ring (bicyclic) bond motifs is 5. The number of nitrogens with zero attached hydrogens (tertiary/aromatic N) is 1. The standard InChI is InChI=1S/C27H41NO5/c1-3-4-15-28-17-25-12-7-18(29)16-26(25,31)13-9-20-19(25)8-11-24(2)21(10-14-27(20,24)32)22-5-6-23(30)33-22/h5-6,17-22,29,31-32H,3-4,7-16H2,1-2H3/t18-,19-,20+,21-,22-,24+,25-,26+,27+/m0/s1. The molecule has 1 aliphatic heterocycles. The molecule has 0 bridgehead atoms. The molecule has 3 N–H and O–H groups in total. The number of hydrogen-bond donors (Lipinski definition) is 3. The molecule has 6 heteroatoms. The van der Waals surface area contributed by atoms with Gasteiger partial charge in [0.15, 0.2) is 0 Å². The van der Waals surface area contributed by atoms with Crippen molar-refractivity contribution in [1.82, 2.24) is 0 Å². The van der Waals surface area contributed by atoms with Gasteiger partial charge in [0.25, 0.3) is 0 Å². The molecule has 0 spiro atoms. The molecular formula is C27H41NO5. The van der Waals surface area contributed by atoms with Crippen LogP contribution in [0.5, 0.6) is 0 Å². The molecule has 4 fully saturated rings. The molecule has 9 atom stereocenters. The van der Waals surface area contributed by atoms with E-state index in [-0.39, 0.29) is 35.2 Å². The Hall–Kier alpha value is -1.24. The molecule has 6 nitrogen and oxygen atoms in total. The Kier molecular flexibility index (Phi) is 5.81. The molecule has 0 saturated heterocycles. The third kappa shape index (κ3) is 3.30. The summed E-state index contributed by atoms with van der Waals surface area (Å²) in [6, 6.07) is 0. The van der Waals surface area contributed by atoms with Crippen molar-refractivity contribution in [1.29, 1.82) is 0 Å². The van der Waals surface area contributed by atoms with Crippen molar-refractivity contribution < 1.29 is 24.9 Å². The van der Waals surface area contributed by atoms with Crippen LogP contribution in [0.3, 0.4) is 0 Å². The van der Waals surface area contributed by atoms with Gasteiger partial charge in [-0.05, 0) is 75.7 Å². The van der Waals surface area contributed by atoms with Crippen LogP contribution < -0.4 is 0 Å². The minimum absolute atomic E-state index is 0.0791. The van der Waals surface area contributed by atoms with E-state index in [9.17, 15) is 20.1 Å². The van der Waals surface area contributed by atoms with Crippen LogP contribution in [0, 0.1) is 28.6 Å². The van der Waals surface area contributed by atoms with Crippen LogP contribution in [0.15, 0.2) is 17.1 Å². The fourth-order valence-corrected chi connectivity index (χ4v) is 8.82. The number of esters is 1. The lowest BCUT2D eigenvalue weighted by Gasteiger charge is -2.65. The zero-order valence-corrected chi connectivity index (χ0v) is 20.2. The van der Waals surface area contributed by atoms with Crippen LogP contribution in [0.2, 0.25) is 0 Å². The highest BCUT2D eigenvalue weighted by atomic mass is 16.5. The number of aliphatic imine (C=N–C) groups is 1. The summed E-state index contributed by atoms with van der Waals surface area (Å²) in [7, 11) is 0. The first-order valence-electron chi connectivity index (χ1n) is 13.2. The summed E-state index contributed by atoms with van der Waals surface area (Å²) in [5.74, 6) is 0.0656. The van der Waals surface area contributed by atoms with Gasteiger partial charge in [0.1, 0.15) is 6.10 Å². The molecule has 1 heterocycles. The zero-order chi connectivity index (χ0) is 23.5. The number of carbonyl (C=O) groups excluding carboxylic acids is 1. The van der Waals surface area contributed by atoms with Crippen LogP contribution in [-0.4, -0.2) is 57.5 Å². The number of unbranched alkanes of at least 4 members (excludes halogenated alkanes) is 1. The number of cyclic esters (lactones) is 1. The van der Waals surface area contributed by atoms with Crippen molar-refractivity contribution in [2.45, 2.75) is 108 Å². The second kappa shape index (κ2) is 8.17. The van der Waals surface area contributed by atoms with E-state index in [4.69, 9.17) is 9.73 Å². The summed E-state index contributed by atoms with van der Waals surface area (Å²) in [6.07, 6.45) is 13.3. The smallest absolute Gasteiger partial charge is 0.331 e. The van der Waals surface area contributed by atoms with Crippen LogP contribution in [0.1, 0.15) is 84.5 Å². The highest BCUT2D eigenvalue weighted by molar-refractivity contribution is 5.84. The SMILES string of the molecule is CCCCN=C[C@]12CC[C@H](O)C[C@]1(O)CC[C@@H]1[C@@H]2CC[C@]2(C)[C@H]([C@@H]3C=CC(=O)O3)CC[C@@]12O. The van der Waals surface area contributed by atoms with Gasteiger partial charge in [-0.1, -0.05) is 20.3 Å². The van der Waals surface area contributed by atoms with Crippen molar-refractivity contribution in [3.8, 4) is 0 Å². The second-order valence-corrected chi connectivity index (χ2v) is 11.9. The van der Waals surface area contributed by atoms with Crippen molar-refractivity contribution in [2.24, 2.45) is 33.6 Å². The van der Waals surface area contributed by atoms with Gasteiger partial charge in [-0.2, -0.15) is 0 Å². The first-order valence-corrected chi connectivity index (χ1v) is 13.2. The van der Waals surface area contributed by atoms with Crippen LogP contribution in [0.4, 0.5) is 0 Å². The monoisotopic (exact) mass is 459 g/mol. The largest absolute Gasteiger partial charge is 0.455 e. The molecule has 4 saturated carbocycles. The lowest BCUT2D eigenvalue weighted by atomic mass is 9.41. The molecule has 184 valence electrons. The lowest BCUT2D eigenvalue weighted by Crippen LogP contribution is -2.69. The lowest BCUT2D eigenvalue weighted by molar-refractivity contribution is -0.241. The maximum atomic E-state index is 12.4. The maximum absolute atomic E-state index is 12.4. The van der Waals surface area contributed by atoms with Crippen molar-refractivity contribution in [3.63, 3.8) is 0 Å². The zero-order valence-electron chi connectivity index (χ0n) is 20.2. The van der Waals surface area contributed by atoms with Gasteiger partial charge in [0.05, 0.1) is 17.3 Å². The van der Waals surface area contributed by atoms with E-state index < -0.39 is 22.7 Å². The summed E-state index contributed by atoms with van der Waals surface area (Å²) in [4.78, 5) is 16.6. The van der Waals surface area contributed by atoms with Gasteiger partial charge in [0, 0.05) is 42.0 Å². The molecule has 0 aromatic heterocycles. The molecule has 5 aliphatic rings. The third-order valence-electron chi connectivity index (χ3n) is 10.6. The Bertz CT molecular complexity index is 842. The van der Waals surface area contributed by atoms with E-state index >= 15 is 0 Å². The molecular weight excluding hydrogens is 418 g/mol. The third-order valence-corrected chi connectivity index (χ3v) is 10.6. The quantitative estimate of drug-likeness (QED) is 0.332. The number of aliphatic hydroxyl groups is 3. The summed E-state index contributed by atoms with van der Waals surface area (Å²) < 4.78 is 5.60. The van der Waals surface area contributed by atoms with E-state index in [0.717, 1.165) is 51.5 Å². The Morgan fingerprint density at radius 2 is 1.85 bits per heavy atom. The summed E-state index contributed by atoms with van der Waals surface area (Å²) in [5, 5.41) is 34.8. The van der Waals surface area contributed by atoms with Gasteiger partial charge in [-0.15, -0.1) is 0 Å². The molecule has 0 radical (unpaired) electrons. The highest BCUT2D eigenvalue weighted by Crippen LogP contribution is 2.70. The minimum atomic E-state index is -0.965. The highest BCUT2D eigenvalue weighted by Gasteiger charge is 2.71. The molecule has 0 aromatic rings.